The lowest BCUT2D eigenvalue weighted by Gasteiger charge is -2.17. The summed E-state index contributed by atoms with van der Waals surface area (Å²) in [5.41, 5.74) is 3.60. The van der Waals surface area contributed by atoms with E-state index in [1.807, 2.05) is 103 Å². The van der Waals surface area contributed by atoms with Crippen LogP contribution in [0.5, 0.6) is 0 Å². The lowest BCUT2D eigenvalue weighted by atomic mass is 10.1. The molecular weight excluding hydrogens is 416 g/mol. The van der Waals surface area contributed by atoms with E-state index in [9.17, 15) is 9.59 Å². The Labute approximate surface area is 190 Å². The fourth-order valence-electron chi connectivity index (χ4n) is 3.72. The van der Waals surface area contributed by atoms with Gasteiger partial charge in [0, 0.05) is 11.1 Å². The van der Waals surface area contributed by atoms with Crippen molar-refractivity contribution >= 4 is 57.2 Å². The maximum absolute atomic E-state index is 13.1. The second-order valence-corrected chi connectivity index (χ2v) is 8.50. The van der Waals surface area contributed by atoms with Gasteiger partial charge in [-0.25, -0.2) is 4.90 Å². The number of hydrogen-bond acceptors (Lipinski definition) is 4. The number of fused-ring (bicyclic) bond motifs is 1. The maximum Gasteiger partial charge on any atom is 0.295 e. The highest BCUT2D eigenvalue weighted by molar-refractivity contribution is 8.16. The molecule has 1 N–H and O–H groups in total. The van der Waals surface area contributed by atoms with Gasteiger partial charge < -0.3 is 5.32 Å². The molecule has 0 radical (unpaired) electrons. The number of benzene rings is 4. The van der Waals surface area contributed by atoms with Crippen molar-refractivity contribution in [3.8, 4) is 0 Å². The lowest BCUT2D eigenvalue weighted by molar-refractivity contribution is -0.116. The van der Waals surface area contributed by atoms with E-state index >= 15 is 0 Å². The van der Waals surface area contributed by atoms with Crippen LogP contribution < -0.4 is 10.2 Å². The van der Waals surface area contributed by atoms with Gasteiger partial charge in [-0.2, -0.15) is 0 Å². The van der Waals surface area contributed by atoms with Gasteiger partial charge in [0.05, 0.1) is 5.69 Å². The quantitative estimate of drug-likeness (QED) is 0.356. The van der Waals surface area contributed by atoms with E-state index in [0.29, 0.717) is 5.69 Å². The molecule has 5 rings (SSSR count). The Kier molecular flexibility index (Phi) is 5.48. The Morgan fingerprint density at radius 2 is 1.38 bits per heavy atom. The first-order chi connectivity index (χ1) is 15.7. The Morgan fingerprint density at radius 1 is 0.719 bits per heavy atom. The Balaban J connectivity index is 1.32. The summed E-state index contributed by atoms with van der Waals surface area (Å²) >= 11 is 1.00. The molecule has 1 unspecified atom stereocenters. The van der Waals surface area contributed by atoms with Crippen LogP contribution in [0.2, 0.25) is 0 Å². The highest BCUT2D eigenvalue weighted by Crippen LogP contribution is 2.36. The van der Waals surface area contributed by atoms with E-state index in [1.54, 1.807) is 0 Å². The van der Waals surface area contributed by atoms with Gasteiger partial charge in [-0.1, -0.05) is 91.0 Å². The first kappa shape index (κ1) is 20.1. The van der Waals surface area contributed by atoms with Crippen molar-refractivity contribution < 1.29 is 9.59 Å². The fraction of sp³-hybridized carbons (Fsp3) is 0.0370. The summed E-state index contributed by atoms with van der Waals surface area (Å²) in [4.78, 5) is 27.1. The Morgan fingerprint density at radius 3 is 2.16 bits per heavy atom. The molecule has 1 aliphatic heterocycles. The summed E-state index contributed by atoms with van der Waals surface area (Å²) < 4.78 is 0. The molecule has 32 heavy (non-hydrogen) atoms. The monoisotopic (exact) mass is 436 g/mol. The Hall–Kier alpha value is -3.83. The number of rotatable bonds is 5. The smallest absolute Gasteiger partial charge is 0.295 e. The van der Waals surface area contributed by atoms with Crippen LogP contribution >= 0.6 is 11.8 Å². The first-order valence-electron chi connectivity index (χ1n) is 10.3. The van der Waals surface area contributed by atoms with Crippen molar-refractivity contribution in [2.75, 3.05) is 10.2 Å². The molecule has 1 aliphatic rings. The van der Waals surface area contributed by atoms with Crippen molar-refractivity contribution in [1.29, 1.82) is 0 Å². The molecule has 4 aromatic carbocycles. The second kappa shape index (κ2) is 8.73. The molecule has 0 saturated carbocycles. The molecule has 4 aromatic rings. The van der Waals surface area contributed by atoms with E-state index in [2.05, 4.69) is 11.4 Å². The maximum atomic E-state index is 13.1. The van der Waals surface area contributed by atoms with E-state index < -0.39 is 5.37 Å². The summed E-state index contributed by atoms with van der Waals surface area (Å²) in [6, 6.07) is 31.3. The number of imide groups is 1. The SMILES string of the molecule is O=C1SC(Nc2ccc(/C=C/c3ccccc3)cc2)C(=O)N1c1cccc2ccccc12. The molecule has 0 aliphatic carbocycles. The standard InChI is InChI=1S/C27H20N2O2S/c30-26-25(28-22-17-15-20(16-18-22)14-13-19-7-2-1-3-8-19)32-27(31)29(26)24-12-6-10-21-9-4-5-11-23(21)24/h1-18,25,28H/b14-13+. The fourth-order valence-corrected chi connectivity index (χ4v) is 4.62. The van der Waals surface area contributed by atoms with Gasteiger partial charge in [-0.15, -0.1) is 0 Å². The number of thioether (sulfide) groups is 1. The molecule has 156 valence electrons. The van der Waals surface area contributed by atoms with Gasteiger partial charge in [-0.05, 0) is 46.5 Å². The minimum Gasteiger partial charge on any atom is -0.365 e. The zero-order valence-electron chi connectivity index (χ0n) is 17.1. The van der Waals surface area contributed by atoms with Crippen LogP contribution in [-0.2, 0) is 4.79 Å². The average molecular weight is 437 g/mol. The molecule has 1 atom stereocenters. The summed E-state index contributed by atoms with van der Waals surface area (Å²) in [6.45, 7) is 0. The van der Waals surface area contributed by atoms with Crippen molar-refractivity contribution in [1.82, 2.24) is 0 Å². The number of hydrogen-bond donors (Lipinski definition) is 1. The van der Waals surface area contributed by atoms with Crippen LogP contribution in [0.4, 0.5) is 16.2 Å². The van der Waals surface area contributed by atoms with Gasteiger partial charge in [0.2, 0.25) is 0 Å². The zero-order chi connectivity index (χ0) is 21.9. The van der Waals surface area contributed by atoms with Gasteiger partial charge in [0.15, 0.2) is 5.37 Å². The highest BCUT2D eigenvalue weighted by atomic mass is 32.2. The first-order valence-corrected chi connectivity index (χ1v) is 11.2. The zero-order valence-corrected chi connectivity index (χ0v) is 18.0. The molecule has 4 nitrogen and oxygen atoms in total. The molecule has 1 saturated heterocycles. The third-order valence-corrected chi connectivity index (χ3v) is 6.27. The van der Waals surface area contributed by atoms with E-state index in [1.165, 1.54) is 4.90 Å². The lowest BCUT2D eigenvalue weighted by Crippen LogP contribution is -2.34. The molecule has 0 spiro atoms. The number of nitrogens with one attached hydrogen (secondary N) is 1. The van der Waals surface area contributed by atoms with E-state index in [4.69, 9.17) is 0 Å². The van der Waals surface area contributed by atoms with Gasteiger partial charge in [0.25, 0.3) is 11.1 Å². The molecule has 1 heterocycles. The summed E-state index contributed by atoms with van der Waals surface area (Å²) in [5, 5.41) is 4.14. The minimum atomic E-state index is -0.660. The third kappa shape index (κ3) is 4.03. The van der Waals surface area contributed by atoms with Crippen molar-refractivity contribution in [2.45, 2.75) is 5.37 Å². The number of nitrogens with zero attached hydrogens (tertiary/aromatic N) is 1. The largest absolute Gasteiger partial charge is 0.365 e. The average Bonchev–Trinajstić information content (AvgIpc) is 3.11. The number of carbonyl (C=O) groups excluding carboxylic acids is 2. The van der Waals surface area contributed by atoms with Crippen molar-refractivity contribution in [2.24, 2.45) is 0 Å². The van der Waals surface area contributed by atoms with Crippen LogP contribution in [0, 0.1) is 0 Å². The van der Waals surface area contributed by atoms with E-state index in [0.717, 1.165) is 39.3 Å². The minimum absolute atomic E-state index is 0.260. The van der Waals surface area contributed by atoms with Crippen molar-refractivity contribution in [3.05, 3.63) is 108 Å². The van der Waals surface area contributed by atoms with Crippen LogP contribution in [0.25, 0.3) is 22.9 Å². The van der Waals surface area contributed by atoms with Gasteiger partial charge in [0.1, 0.15) is 0 Å². The summed E-state index contributed by atoms with van der Waals surface area (Å²) in [7, 11) is 0. The van der Waals surface area contributed by atoms with Gasteiger partial charge >= 0.3 is 0 Å². The topological polar surface area (TPSA) is 49.4 Å². The molecule has 0 bridgehead atoms. The molecule has 0 aromatic heterocycles. The molecule has 1 fully saturated rings. The third-order valence-electron chi connectivity index (χ3n) is 5.33. The number of amides is 2. The molecule has 5 heteroatoms. The highest BCUT2D eigenvalue weighted by Gasteiger charge is 2.41. The predicted molar refractivity (Wildman–Crippen MR) is 134 cm³/mol. The van der Waals surface area contributed by atoms with E-state index in [-0.39, 0.29) is 11.1 Å². The second-order valence-electron chi connectivity index (χ2n) is 7.45. The number of anilines is 2. The molecule has 2 amide bonds. The number of carbonyl (C=O) groups is 2. The predicted octanol–water partition coefficient (Wildman–Crippen LogP) is 6.65. The summed E-state index contributed by atoms with van der Waals surface area (Å²) in [5.74, 6) is -0.260. The summed E-state index contributed by atoms with van der Waals surface area (Å²) in [6.07, 6.45) is 4.10. The van der Waals surface area contributed by atoms with Crippen LogP contribution in [0.1, 0.15) is 11.1 Å². The normalized spacial score (nSPS) is 16.2. The van der Waals surface area contributed by atoms with Gasteiger partial charge in [-0.3, -0.25) is 9.59 Å². The molecular formula is C27H20N2O2S. The van der Waals surface area contributed by atoms with Crippen LogP contribution in [0.15, 0.2) is 97.1 Å². The van der Waals surface area contributed by atoms with Crippen LogP contribution in [0.3, 0.4) is 0 Å². The van der Waals surface area contributed by atoms with Crippen LogP contribution in [-0.4, -0.2) is 16.5 Å². The van der Waals surface area contributed by atoms with Crippen molar-refractivity contribution in [3.63, 3.8) is 0 Å². The Bertz CT molecular complexity index is 1310.